The summed E-state index contributed by atoms with van der Waals surface area (Å²) < 4.78 is 53.6. The van der Waals surface area contributed by atoms with Crippen molar-refractivity contribution in [2.24, 2.45) is 13.0 Å². The predicted octanol–water partition coefficient (Wildman–Crippen LogP) is 5.42. The Hall–Kier alpha value is -0.550. The van der Waals surface area contributed by atoms with Crippen LogP contribution in [0.15, 0.2) is 17.6 Å². The standard InChI is InChI=1S/C16H20F3N3OS.C2H5O3P.Ca.2H/c1-9(2)7-10(3)13-12(5-6-24-13)20-15(23)11-8-22(4)21-14(11)16(17,18)19;1-2-5-6(3)4;;;/h5-6,8-10H,7H2,1-4H3,(H,20,23);2H2,1H3;;;/q;;+2;2*-1/p+1. The first-order valence-electron chi connectivity index (χ1n) is 9.15. The molecule has 0 aromatic carbocycles. The largest absolute Gasteiger partial charge is 2.00 e. The summed E-state index contributed by atoms with van der Waals surface area (Å²) in [6, 6.07) is 1.72. The van der Waals surface area contributed by atoms with Gasteiger partial charge < -0.3 is 8.17 Å². The molecule has 31 heavy (non-hydrogen) atoms. The van der Waals surface area contributed by atoms with Gasteiger partial charge in [-0.1, -0.05) is 20.8 Å². The molecular weight excluding hydrogens is 482 g/mol. The van der Waals surface area contributed by atoms with Crippen LogP contribution >= 0.6 is 19.6 Å². The van der Waals surface area contributed by atoms with Crippen LogP contribution < -0.4 is 5.32 Å². The maximum Gasteiger partial charge on any atom is 2.00 e. The Bertz CT molecular complexity index is 869. The molecule has 0 saturated heterocycles. The number of aromatic nitrogens is 2. The second kappa shape index (κ2) is 13.9. The van der Waals surface area contributed by atoms with Crippen LogP contribution in [-0.4, -0.2) is 64.9 Å². The van der Waals surface area contributed by atoms with Gasteiger partial charge in [-0.15, -0.1) is 20.8 Å². The molecule has 0 bridgehead atoms. The van der Waals surface area contributed by atoms with Crippen LogP contribution in [-0.2, 0) is 22.3 Å². The average molecular weight is 511 g/mol. The van der Waals surface area contributed by atoms with Gasteiger partial charge >= 0.3 is 52.2 Å². The summed E-state index contributed by atoms with van der Waals surface area (Å²) in [5.41, 5.74) is -1.08. The van der Waals surface area contributed by atoms with Gasteiger partial charge in [-0.2, -0.15) is 18.3 Å². The summed E-state index contributed by atoms with van der Waals surface area (Å²) in [6.07, 6.45) is -2.65. The molecule has 2 aromatic rings. The molecule has 13 heteroatoms. The number of anilines is 1. The molecule has 2 atom stereocenters. The Kier molecular flexibility index (Phi) is 13.6. The maximum atomic E-state index is 13.0. The number of nitrogens with zero attached hydrogens (tertiary/aromatic N) is 2. The molecule has 2 heterocycles. The van der Waals surface area contributed by atoms with Crippen molar-refractivity contribution in [2.45, 2.75) is 46.2 Å². The number of hydrogen-bond donors (Lipinski definition) is 2. The van der Waals surface area contributed by atoms with Gasteiger partial charge in [-0.25, -0.2) is 0 Å². The smallest absolute Gasteiger partial charge is 1.00 e. The topological polar surface area (TPSA) is 93.5 Å². The number of carbonyl (C=O) groups is 1. The fourth-order valence-corrected chi connectivity index (χ4v) is 3.93. The van der Waals surface area contributed by atoms with Crippen molar-refractivity contribution in [2.75, 3.05) is 11.9 Å². The summed E-state index contributed by atoms with van der Waals surface area (Å²) in [6.45, 7) is 8.21. The Morgan fingerprint density at radius 2 is 2.03 bits per heavy atom. The number of carbonyl (C=O) groups excluding carboxylic acids is 1. The second-order valence-corrected chi connectivity index (χ2v) is 8.58. The number of nitrogens with one attached hydrogen (secondary N) is 1. The minimum absolute atomic E-state index is 0. The van der Waals surface area contributed by atoms with Crippen LogP contribution in [0.4, 0.5) is 18.9 Å². The number of thiophene rings is 1. The van der Waals surface area contributed by atoms with Crippen molar-refractivity contribution in [3.8, 4) is 0 Å². The molecular formula is C18H28CaF3N3O4PS+. The van der Waals surface area contributed by atoms with E-state index in [0.717, 1.165) is 22.2 Å². The Morgan fingerprint density at radius 1 is 1.42 bits per heavy atom. The van der Waals surface area contributed by atoms with Crippen molar-refractivity contribution in [1.82, 2.24) is 9.78 Å². The molecule has 0 radical (unpaired) electrons. The van der Waals surface area contributed by atoms with Gasteiger partial charge in [0.15, 0.2) is 5.69 Å². The third-order valence-corrected chi connectivity index (χ3v) is 5.42. The second-order valence-electron chi connectivity index (χ2n) is 6.90. The summed E-state index contributed by atoms with van der Waals surface area (Å²) >= 11 is 1.49. The summed E-state index contributed by atoms with van der Waals surface area (Å²) in [5, 5.41) is 7.80. The van der Waals surface area contributed by atoms with E-state index < -0.39 is 31.6 Å². The molecule has 0 saturated carbocycles. The van der Waals surface area contributed by atoms with Crippen molar-refractivity contribution in [3.63, 3.8) is 0 Å². The number of aryl methyl sites for hydroxylation is 1. The van der Waals surface area contributed by atoms with E-state index in [4.69, 9.17) is 4.89 Å². The third-order valence-electron chi connectivity index (χ3n) is 3.80. The molecule has 2 N–H and O–H groups in total. The zero-order chi connectivity index (χ0) is 23.1. The minimum atomic E-state index is -4.67. The van der Waals surface area contributed by atoms with Crippen LogP contribution in [0, 0.1) is 5.92 Å². The first kappa shape index (κ1) is 30.4. The Balaban J connectivity index is -0.000000889. The first-order chi connectivity index (χ1) is 13.9. The summed E-state index contributed by atoms with van der Waals surface area (Å²) in [7, 11) is -0.997. The third kappa shape index (κ3) is 10.3. The van der Waals surface area contributed by atoms with E-state index in [0.29, 0.717) is 18.2 Å². The van der Waals surface area contributed by atoms with E-state index in [9.17, 15) is 22.5 Å². The minimum Gasteiger partial charge on any atom is -1.00 e. The van der Waals surface area contributed by atoms with E-state index >= 15 is 0 Å². The SMILES string of the molecule is CC(C)CC(C)c1sccc1NC(=O)c1cn(C)nc1C(F)(F)F.CCO[P+](=O)O.[Ca+2].[H-].[H-]. The van der Waals surface area contributed by atoms with Crippen molar-refractivity contribution in [3.05, 3.63) is 33.8 Å². The van der Waals surface area contributed by atoms with Crippen LogP contribution in [0.2, 0.25) is 0 Å². The van der Waals surface area contributed by atoms with Crippen molar-refractivity contribution >= 4 is 68.9 Å². The average Bonchev–Trinajstić information content (AvgIpc) is 3.20. The van der Waals surface area contributed by atoms with Crippen LogP contribution in [0.5, 0.6) is 0 Å². The molecule has 2 rings (SSSR count). The van der Waals surface area contributed by atoms with Gasteiger partial charge in [0, 0.05) is 22.7 Å². The van der Waals surface area contributed by atoms with Gasteiger partial charge in [0.1, 0.15) is 6.61 Å². The van der Waals surface area contributed by atoms with Gasteiger partial charge in [-0.05, 0) is 36.6 Å². The normalized spacial score (nSPS) is 12.5. The number of alkyl halides is 3. The van der Waals surface area contributed by atoms with Crippen LogP contribution in [0.1, 0.15) is 63.8 Å². The molecule has 2 unspecified atom stereocenters. The zero-order valence-corrected chi connectivity index (χ0v) is 22.0. The summed E-state index contributed by atoms with van der Waals surface area (Å²) in [5.74, 6) is -0.0936. The Morgan fingerprint density at radius 3 is 2.48 bits per heavy atom. The zero-order valence-electron chi connectivity index (χ0n) is 20.1. The van der Waals surface area contributed by atoms with Gasteiger partial charge in [0.2, 0.25) is 0 Å². The van der Waals surface area contributed by atoms with Gasteiger partial charge in [0.05, 0.1) is 11.3 Å². The predicted molar refractivity (Wildman–Crippen MR) is 118 cm³/mol. The molecule has 2 aromatic heterocycles. The van der Waals surface area contributed by atoms with E-state index in [1.165, 1.54) is 18.4 Å². The monoisotopic (exact) mass is 510 g/mol. The molecule has 0 fully saturated rings. The quantitative estimate of drug-likeness (QED) is 0.383. The molecule has 0 spiro atoms. The molecule has 0 aliphatic rings. The van der Waals surface area contributed by atoms with E-state index in [1.54, 1.807) is 13.0 Å². The molecule has 0 aliphatic carbocycles. The van der Waals surface area contributed by atoms with Crippen LogP contribution in [0.25, 0.3) is 0 Å². The number of halogens is 3. The van der Waals surface area contributed by atoms with E-state index in [2.05, 4.69) is 28.8 Å². The maximum absolute atomic E-state index is 13.0. The molecule has 1 amide bonds. The molecule has 7 nitrogen and oxygen atoms in total. The van der Waals surface area contributed by atoms with Crippen molar-refractivity contribution < 1.29 is 34.8 Å². The Labute approximate surface area is 217 Å². The first-order valence-corrected chi connectivity index (χ1v) is 11.2. The molecule has 0 aliphatic heterocycles. The fraction of sp³-hybridized carbons (Fsp3) is 0.556. The summed E-state index contributed by atoms with van der Waals surface area (Å²) in [4.78, 5) is 21.1. The molecule has 172 valence electrons. The number of rotatable bonds is 7. The number of amides is 1. The van der Waals surface area contributed by atoms with Crippen LogP contribution in [0.3, 0.4) is 0 Å². The fourth-order valence-electron chi connectivity index (χ4n) is 2.78. The van der Waals surface area contributed by atoms with Gasteiger partial charge in [0.25, 0.3) is 5.91 Å². The van der Waals surface area contributed by atoms with Crippen molar-refractivity contribution in [1.29, 1.82) is 0 Å². The van der Waals surface area contributed by atoms with E-state index in [-0.39, 0.29) is 46.5 Å². The van der Waals surface area contributed by atoms with Gasteiger partial charge in [-0.3, -0.25) is 9.48 Å². The van der Waals surface area contributed by atoms with E-state index in [1.807, 2.05) is 12.3 Å². The number of hydrogen-bond acceptors (Lipinski definition) is 5.